The van der Waals surface area contributed by atoms with Crippen molar-refractivity contribution in [2.75, 3.05) is 73.1 Å². The van der Waals surface area contributed by atoms with Crippen molar-refractivity contribution in [3.63, 3.8) is 0 Å². The Kier molecular flexibility index (Phi) is 21.8. The Morgan fingerprint density at radius 2 is 1.48 bits per heavy atom. The Morgan fingerprint density at radius 1 is 0.870 bits per heavy atom. The molecule has 13 nitrogen and oxygen atoms in total. The molecule has 0 spiro atoms. The van der Waals surface area contributed by atoms with E-state index in [2.05, 4.69) is 47.2 Å². The first-order valence-electron chi connectivity index (χ1n) is 14.6. The quantitative estimate of drug-likeness (QED) is 0.0409. The number of rotatable bonds is 22. The first-order valence-corrected chi connectivity index (χ1v) is 16.6. The fourth-order valence-electron chi connectivity index (χ4n) is 3.52. The van der Waals surface area contributed by atoms with E-state index in [-0.39, 0.29) is 25.9 Å². The summed E-state index contributed by atoms with van der Waals surface area (Å²) >= 11 is 12.8. The predicted octanol–water partition coefficient (Wildman–Crippen LogP) is 5.44. The lowest BCUT2D eigenvalue weighted by atomic mass is 10.2. The van der Waals surface area contributed by atoms with Crippen molar-refractivity contribution in [2.45, 2.75) is 32.4 Å². The number of nitriles is 1. The number of carbonyl (C=O) groups excluding carboxylic acids is 1. The number of unbranched alkanes of at least 4 members (excludes halogenated alkanes) is 3. The molecule has 0 unspecified atom stereocenters. The minimum atomic E-state index is -0.830. The van der Waals surface area contributed by atoms with E-state index in [9.17, 15) is 4.79 Å². The minimum Gasteiger partial charge on any atom is -0.494 e. The van der Waals surface area contributed by atoms with Gasteiger partial charge in [-0.1, -0.05) is 18.0 Å². The molecule has 1 aromatic carbocycles. The van der Waals surface area contributed by atoms with E-state index >= 15 is 0 Å². The summed E-state index contributed by atoms with van der Waals surface area (Å²) in [5.41, 5.74) is 0. The molecule has 254 valence electrons. The Labute approximate surface area is 291 Å². The zero-order chi connectivity index (χ0) is 33.2. The number of carbonyl (C=O) groups is 1. The van der Waals surface area contributed by atoms with Crippen LogP contribution in [0.3, 0.4) is 0 Å². The third-order valence-electron chi connectivity index (χ3n) is 5.75. The van der Waals surface area contributed by atoms with E-state index in [0.717, 1.165) is 31.4 Å². The van der Waals surface area contributed by atoms with Crippen LogP contribution in [0.4, 0.5) is 4.79 Å². The molecule has 2 aromatic rings. The van der Waals surface area contributed by atoms with E-state index in [1.807, 2.05) is 18.3 Å². The average molecular weight is 794 g/mol. The smallest absolute Gasteiger partial charge is 0.494 e. The third kappa shape index (κ3) is 18.4. The molecule has 0 saturated heterocycles. The fraction of sp³-hybridized carbons (Fsp3) is 0.533. The van der Waals surface area contributed by atoms with Crippen LogP contribution in [0.15, 0.2) is 55.6 Å². The van der Waals surface area contributed by atoms with E-state index in [4.69, 9.17) is 50.0 Å². The van der Waals surface area contributed by atoms with Crippen LogP contribution in [0.25, 0.3) is 0 Å². The second-order valence-corrected chi connectivity index (χ2v) is 11.4. The van der Waals surface area contributed by atoms with Gasteiger partial charge < -0.3 is 37.7 Å². The number of hydrogen-bond donors (Lipinski definition) is 1. The van der Waals surface area contributed by atoms with Crippen LogP contribution in [-0.2, 0) is 35.2 Å². The molecule has 0 atom stereocenters. The Hall–Kier alpha value is -2.71. The summed E-state index contributed by atoms with van der Waals surface area (Å²) in [5.74, 6) is 0.988. The zero-order valence-electron chi connectivity index (χ0n) is 25.8. The van der Waals surface area contributed by atoms with Gasteiger partial charge in [0.1, 0.15) is 12.4 Å². The summed E-state index contributed by atoms with van der Waals surface area (Å²) in [7, 11) is 1.62. The van der Waals surface area contributed by atoms with Crippen molar-refractivity contribution in [3.05, 3.63) is 56.0 Å². The van der Waals surface area contributed by atoms with Crippen LogP contribution in [0.1, 0.15) is 25.7 Å². The Balaban J connectivity index is 1.67. The molecule has 16 heteroatoms. The highest BCUT2D eigenvalue weighted by atomic mass is 79.9. The Bertz CT molecular complexity index is 1270. The van der Waals surface area contributed by atoms with Crippen molar-refractivity contribution in [1.82, 2.24) is 9.88 Å². The van der Waals surface area contributed by atoms with Crippen molar-refractivity contribution in [1.29, 1.82) is 5.26 Å². The van der Waals surface area contributed by atoms with Crippen molar-refractivity contribution in [3.8, 4) is 11.9 Å². The van der Waals surface area contributed by atoms with Gasteiger partial charge in [0.15, 0.2) is 12.9 Å². The van der Waals surface area contributed by atoms with Gasteiger partial charge in [0, 0.05) is 31.1 Å². The molecule has 0 radical (unpaired) electrons. The highest BCUT2D eigenvalue weighted by Gasteiger charge is 2.08. The van der Waals surface area contributed by atoms with Crippen LogP contribution in [0, 0.1) is 11.5 Å². The van der Waals surface area contributed by atoms with Gasteiger partial charge >= 0.3 is 6.16 Å². The molecule has 1 heterocycles. The second-order valence-electron chi connectivity index (χ2n) is 9.29. The van der Waals surface area contributed by atoms with Crippen LogP contribution < -0.4 is 15.4 Å². The Morgan fingerprint density at radius 3 is 2.11 bits per heavy atom. The highest BCUT2D eigenvalue weighted by Crippen LogP contribution is 2.16. The second kappa shape index (κ2) is 25.4. The van der Waals surface area contributed by atoms with Gasteiger partial charge in [0.2, 0.25) is 5.96 Å². The van der Waals surface area contributed by atoms with Gasteiger partial charge in [0.05, 0.1) is 67.2 Å². The molecule has 0 aliphatic carbocycles. The maximum atomic E-state index is 12.0. The van der Waals surface area contributed by atoms with Gasteiger partial charge in [-0.2, -0.15) is 5.26 Å². The molecular weight excluding hydrogens is 754 g/mol. The van der Waals surface area contributed by atoms with Gasteiger partial charge in [-0.15, -0.1) is 0 Å². The first-order chi connectivity index (χ1) is 22.4. The number of halogens is 3. The topological polar surface area (TPSA) is 147 Å². The average Bonchev–Trinajstić information content (AvgIpc) is 3.04. The number of benzene rings is 1. The van der Waals surface area contributed by atoms with Gasteiger partial charge in [-0.05, 0) is 75.4 Å². The largest absolute Gasteiger partial charge is 0.510 e. The fourth-order valence-corrected chi connectivity index (χ4v) is 5.04. The molecule has 2 rings (SSSR count). The highest BCUT2D eigenvalue weighted by molar-refractivity contribution is 9.11. The van der Waals surface area contributed by atoms with Gasteiger partial charge in [-0.25, -0.2) is 9.79 Å². The molecule has 0 aliphatic heterocycles. The number of pyridine rings is 1. The molecular formula is C30H40Br2ClN5O8. The van der Waals surface area contributed by atoms with E-state index < -0.39 is 6.16 Å². The number of nitrogens with zero attached hydrogens (tertiary/aromatic N) is 4. The molecule has 1 aromatic heterocycles. The molecule has 0 fully saturated rings. The summed E-state index contributed by atoms with van der Waals surface area (Å²) in [6.07, 6.45) is 8.11. The molecule has 0 saturated carbocycles. The number of aromatic nitrogens is 1. The number of ether oxygens (including phenoxy) is 7. The van der Waals surface area contributed by atoms with E-state index in [0.29, 0.717) is 72.1 Å². The molecule has 46 heavy (non-hydrogen) atoms. The number of aliphatic imine (C=N–C) groups is 1. The van der Waals surface area contributed by atoms with Crippen molar-refractivity contribution < 1.29 is 38.0 Å². The summed E-state index contributed by atoms with van der Waals surface area (Å²) < 4.78 is 39.6. The normalized spacial score (nSPS) is 11.2. The molecule has 1 N–H and O–H groups in total. The van der Waals surface area contributed by atoms with Crippen molar-refractivity contribution >= 4 is 55.6 Å². The SMILES string of the molecule is COCCOCCOCCOCCOC(=O)OCn1cc(Br)c(=NC(=NCCCCCCOc2ccc(Cl)cc2)NC#N)c(Br)c1. The standard InChI is InChI=1S/C30H40Br2ClN5O8/c1-40-12-13-41-14-15-42-16-17-43-18-19-45-30(39)46-23-38-20-26(31)28(27(32)21-38)37-29(36-22-34)35-10-4-2-3-5-11-44-25-8-6-24(33)7-9-25/h6-9,20-21H,2-5,10-19,23H2,1H3,(H,35,36). The number of methoxy groups -OCH3 is 1. The monoisotopic (exact) mass is 791 g/mol. The molecule has 0 bridgehead atoms. The van der Waals surface area contributed by atoms with Gasteiger partial charge in [-0.3, -0.25) is 10.3 Å². The summed E-state index contributed by atoms with van der Waals surface area (Å²) in [5, 5.41) is 12.9. The summed E-state index contributed by atoms with van der Waals surface area (Å²) in [6.45, 7) is 4.09. The van der Waals surface area contributed by atoms with Crippen LogP contribution in [0.5, 0.6) is 5.75 Å². The predicted molar refractivity (Wildman–Crippen MR) is 179 cm³/mol. The van der Waals surface area contributed by atoms with Crippen LogP contribution >= 0.6 is 43.5 Å². The number of nitrogens with one attached hydrogen (secondary N) is 1. The van der Waals surface area contributed by atoms with E-state index in [1.54, 1.807) is 36.2 Å². The van der Waals surface area contributed by atoms with Crippen molar-refractivity contribution in [2.24, 2.45) is 9.98 Å². The maximum absolute atomic E-state index is 12.0. The third-order valence-corrected chi connectivity index (χ3v) is 7.16. The molecule has 0 amide bonds. The van der Waals surface area contributed by atoms with Gasteiger partial charge in [0.25, 0.3) is 0 Å². The lowest BCUT2D eigenvalue weighted by molar-refractivity contribution is -0.0119. The molecule has 0 aliphatic rings. The summed E-state index contributed by atoms with van der Waals surface area (Å²) in [4.78, 5) is 20.9. The number of guanidine groups is 1. The van der Waals surface area contributed by atoms with Crippen LogP contribution in [-0.4, -0.2) is 89.8 Å². The lowest BCUT2D eigenvalue weighted by Crippen LogP contribution is -2.22. The van der Waals surface area contributed by atoms with Crippen LogP contribution in [0.2, 0.25) is 5.02 Å². The minimum absolute atomic E-state index is 0.0432. The maximum Gasteiger partial charge on any atom is 0.510 e. The number of hydrogen-bond acceptors (Lipinski definition) is 10. The zero-order valence-corrected chi connectivity index (χ0v) is 29.7. The summed E-state index contributed by atoms with van der Waals surface area (Å²) in [6, 6.07) is 7.30. The lowest BCUT2D eigenvalue weighted by Gasteiger charge is -2.11. The van der Waals surface area contributed by atoms with E-state index in [1.165, 1.54) is 0 Å². The first kappa shape index (κ1) is 39.5.